The summed E-state index contributed by atoms with van der Waals surface area (Å²) in [6.07, 6.45) is 8.34. The summed E-state index contributed by atoms with van der Waals surface area (Å²) in [6, 6.07) is 27.4. The zero-order valence-electron chi connectivity index (χ0n) is 15.7. The van der Waals surface area contributed by atoms with E-state index in [0.717, 1.165) is 24.0 Å². The first-order chi connectivity index (χ1) is 13.8. The lowest BCUT2D eigenvalue weighted by molar-refractivity contribution is 0.503. The van der Waals surface area contributed by atoms with Crippen LogP contribution in [0, 0.1) is 5.92 Å². The van der Waals surface area contributed by atoms with Gasteiger partial charge in [-0.05, 0) is 40.7 Å². The molecule has 2 aliphatic carbocycles. The molecule has 0 amide bonds. The van der Waals surface area contributed by atoms with Crippen molar-refractivity contribution in [3.8, 4) is 11.1 Å². The number of rotatable bonds is 2. The quantitative estimate of drug-likeness (QED) is 0.529. The molecule has 0 spiro atoms. The third kappa shape index (κ3) is 2.80. The molecule has 2 aliphatic rings. The standard InChI is InChI=1S/C27H22O/c28-27-22-13-5-4-11-20(22)17-18-25-24(15-8-16-26(25)27)23-14-7-6-12-21(23)19-9-2-1-3-10-19/h1-16,25,28H,17-18H2. The van der Waals surface area contributed by atoms with Crippen LogP contribution in [0.4, 0.5) is 0 Å². The van der Waals surface area contributed by atoms with E-state index in [1.54, 1.807) is 0 Å². The minimum atomic E-state index is 0.197. The third-order valence-corrected chi connectivity index (χ3v) is 5.87. The number of aliphatic hydroxyl groups excluding tert-OH is 1. The van der Waals surface area contributed by atoms with Gasteiger partial charge in [0.1, 0.15) is 5.76 Å². The lowest BCUT2D eigenvalue weighted by Crippen LogP contribution is -2.10. The Labute approximate surface area is 166 Å². The third-order valence-electron chi connectivity index (χ3n) is 5.87. The number of hydrogen-bond acceptors (Lipinski definition) is 1. The first kappa shape index (κ1) is 16.8. The van der Waals surface area contributed by atoms with E-state index in [4.69, 9.17) is 0 Å². The van der Waals surface area contributed by atoms with Gasteiger partial charge >= 0.3 is 0 Å². The second-order valence-corrected chi connectivity index (χ2v) is 7.45. The molecular formula is C27H22O. The second-order valence-electron chi connectivity index (χ2n) is 7.45. The minimum Gasteiger partial charge on any atom is -0.507 e. The van der Waals surface area contributed by atoms with Crippen molar-refractivity contribution in [2.24, 2.45) is 5.92 Å². The highest BCUT2D eigenvalue weighted by molar-refractivity contribution is 5.87. The molecule has 0 heterocycles. The van der Waals surface area contributed by atoms with E-state index in [2.05, 4.69) is 85.0 Å². The molecule has 0 fully saturated rings. The minimum absolute atomic E-state index is 0.197. The Bertz CT molecular complexity index is 1120. The average Bonchev–Trinajstić information content (AvgIpc) is 2.91. The Morgan fingerprint density at radius 1 is 0.714 bits per heavy atom. The molecule has 1 atom stereocenters. The largest absolute Gasteiger partial charge is 0.507 e. The molecule has 5 rings (SSSR count). The van der Waals surface area contributed by atoms with Gasteiger partial charge < -0.3 is 5.11 Å². The highest BCUT2D eigenvalue weighted by Gasteiger charge is 2.29. The van der Waals surface area contributed by atoms with Gasteiger partial charge in [0.05, 0.1) is 0 Å². The Hall–Kier alpha value is -3.32. The first-order valence-electron chi connectivity index (χ1n) is 9.87. The van der Waals surface area contributed by atoms with E-state index in [9.17, 15) is 5.11 Å². The number of benzene rings is 3. The smallest absolute Gasteiger partial charge is 0.126 e. The van der Waals surface area contributed by atoms with Gasteiger partial charge in [0, 0.05) is 17.1 Å². The number of aryl methyl sites for hydroxylation is 1. The summed E-state index contributed by atoms with van der Waals surface area (Å²) in [7, 11) is 0. The predicted molar refractivity (Wildman–Crippen MR) is 117 cm³/mol. The molecule has 1 unspecified atom stereocenters. The van der Waals surface area contributed by atoms with E-state index < -0.39 is 0 Å². The summed E-state index contributed by atoms with van der Waals surface area (Å²) >= 11 is 0. The lowest BCUT2D eigenvalue weighted by atomic mass is 9.78. The van der Waals surface area contributed by atoms with Crippen LogP contribution >= 0.6 is 0 Å². The topological polar surface area (TPSA) is 20.2 Å². The number of allylic oxidation sites excluding steroid dienone is 5. The molecule has 3 aromatic rings. The molecule has 0 saturated carbocycles. The van der Waals surface area contributed by atoms with Crippen LogP contribution < -0.4 is 0 Å². The normalized spacial score (nSPS) is 18.1. The van der Waals surface area contributed by atoms with Gasteiger partial charge in [-0.25, -0.2) is 0 Å². The van der Waals surface area contributed by atoms with Crippen molar-refractivity contribution in [1.29, 1.82) is 0 Å². The van der Waals surface area contributed by atoms with Crippen molar-refractivity contribution >= 4 is 11.3 Å². The first-order valence-corrected chi connectivity index (χ1v) is 9.87. The van der Waals surface area contributed by atoms with E-state index in [0.29, 0.717) is 5.76 Å². The fourth-order valence-electron chi connectivity index (χ4n) is 4.52. The molecule has 3 aromatic carbocycles. The Morgan fingerprint density at radius 3 is 2.21 bits per heavy atom. The zero-order valence-corrected chi connectivity index (χ0v) is 15.7. The number of aliphatic hydroxyl groups is 1. The summed E-state index contributed by atoms with van der Waals surface area (Å²) in [5, 5.41) is 11.1. The molecule has 0 aliphatic heterocycles. The molecule has 1 heteroatoms. The zero-order chi connectivity index (χ0) is 18.9. The summed E-state index contributed by atoms with van der Waals surface area (Å²) in [5.74, 6) is 0.624. The van der Waals surface area contributed by atoms with E-state index in [1.165, 1.54) is 27.8 Å². The van der Waals surface area contributed by atoms with Crippen molar-refractivity contribution in [2.45, 2.75) is 12.8 Å². The van der Waals surface area contributed by atoms with Crippen LogP contribution in [0.1, 0.15) is 23.1 Å². The number of fused-ring (bicyclic) bond motifs is 2. The summed E-state index contributed by atoms with van der Waals surface area (Å²) in [5.41, 5.74) is 8.24. The van der Waals surface area contributed by atoms with Gasteiger partial charge in [-0.15, -0.1) is 0 Å². The van der Waals surface area contributed by atoms with Gasteiger partial charge in [0.2, 0.25) is 0 Å². The molecule has 0 radical (unpaired) electrons. The monoisotopic (exact) mass is 362 g/mol. The fraction of sp³-hybridized carbons (Fsp3) is 0.111. The van der Waals surface area contributed by atoms with Crippen molar-refractivity contribution in [3.63, 3.8) is 0 Å². The van der Waals surface area contributed by atoms with Crippen LogP contribution in [0.15, 0.2) is 103 Å². The molecule has 0 aromatic heterocycles. The molecular weight excluding hydrogens is 340 g/mol. The van der Waals surface area contributed by atoms with Crippen molar-refractivity contribution < 1.29 is 5.11 Å². The SMILES string of the molecule is OC1=C2C=CC=C(c3ccccc3-c3ccccc3)C2CCc2ccccc21. The van der Waals surface area contributed by atoms with Crippen LogP contribution in [0.2, 0.25) is 0 Å². The highest BCUT2D eigenvalue weighted by atomic mass is 16.3. The molecule has 0 saturated heterocycles. The van der Waals surface area contributed by atoms with E-state index >= 15 is 0 Å². The van der Waals surface area contributed by atoms with Crippen LogP contribution in [0.3, 0.4) is 0 Å². The second kappa shape index (κ2) is 7.01. The van der Waals surface area contributed by atoms with Gasteiger partial charge in [-0.1, -0.05) is 97.1 Å². The van der Waals surface area contributed by atoms with Crippen molar-refractivity contribution in [3.05, 3.63) is 119 Å². The summed E-state index contributed by atoms with van der Waals surface area (Å²) in [4.78, 5) is 0. The maximum atomic E-state index is 11.1. The molecule has 136 valence electrons. The van der Waals surface area contributed by atoms with E-state index in [1.807, 2.05) is 12.1 Å². The molecule has 28 heavy (non-hydrogen) atoms. The van der Waals surface area contributed by atoms with Crippen molar-refractivity contribution in [1.82, 2.24) is 0 Å². The van der Waals surface area contributed by atoms with Crippen LogP contribution in [-0.2, 0) is 6.42 Å². The Kier molecular flexibility index (Phi) is 4.21. The van der Waals surface area contributed by atoms with Crippen LogP contribution in [0.5, 0.6) is 0 Å². The Balaban J connectivity index is 1.64. The summed E-state index contributed by atoms with van der Waals surface area (Å²) in [6.45, 7) is 0. The average molecular weight is 362 g/mol. The van der Waals surface area contributed by atoms with Gasteiger partial charge in [0.25, 0.3) is 0 Å². The van der Waals surface area contributed by atoms with Gasteiger partial charge in [-0.3, -0.25) is 0 Å². The van der Waals surface area contributed by atoms with Crippen LogP contribution in [0.25, 0.3) is 22.5 Å². The summed E-state index contributed by atoms with van der Waals surface area (Å²) < 4.78 is 0. The Morgan fingerprint density at radius 2 is 1.39 bits per heavy atom. The van der Waals surface area contributed by atoms with Gasteiger partial charge in [-0.2, -0.15) is 0 Å². The number of hydrogen-bond donors (Lipinski definition) is 1. The van der Waals surface area contributed by atoms with Crippen LogP contribution in [-0.4, -0.2) is 5.11 Å². The van der Waals surface area contributed by atoms with Crippen molar-refractivity contribution in [2.75, 3.05) is 0 Å². The fourth-order valence-corrected chi connectivity index (χ4v) is 4.52. The molecule has 0 bridgehead atoms. The van der Waals surface area contributed by atoms with E-state index in [-0.39, 0.29) is 5.92 Å². The maximum Gasteiger partial charge on any atom is 0.126 e. The predicted octanol–water partition coefficient (Wildman–Crippen LogP) is 6.84. The highest BCUT2D eigenvalue weighted by Crippen LogP contribution is 2.44. The molecule has 1 nitrogen and oxygen atoms in total. The maximum absolute atomic E-state index is 11.1. The molecule has 1 N–H and O–H groups in total. The lowest BCUT2D eigenvalue weighted by Gasteiger charge is -2.25. The van der Waals surface area contributed by atoms with Gasteiger partial charge in [0.15, 0.2) is 0 Å².